The lowest BCUT2D eigenvalue weighted by Gasteiger charge is -2.36. The number of hydrogen-bond donors (Lipinski definition) is 0. The summed E-state index contributed by atoms with van der Waals surface area (Å²) in [7, 11) is -3.83. The van der Waals surface area contributed by atoms with Crippen molar-refractivity contribution in [3.63, 3.8) is 0 Å². The highest BCUT2D eigenvalue weighted by Gasteiger charge is 2.31. The number of fused-ring (bicyclic) bond motifs is 1. The van der Waals surface area contributed by atoms with Gasteiger partial charge in [-0.1, -0.05) is 12.1 Å². The van der Waals surface area contributed by atoms with Gasteiger partial charge in [0.15, 0.2) is 0 Å². The zero-order valence-corrected chi connectivity index (χ0v) is 16.0. The summed E-state index contributed by atoms with van der Waals surface area (Å²) in [6.07, 6.45) is 1.41. The van der Waals surface area contributed by atoms with E-state index in [1.807, 2.05) is 11.0 Å². The number of benzene rings is 2. The normalized spacial score (nSPS) is 15.4. The van der Waals surface area contributed by atoms with E-state index in [0.717, 1.165) is 12.1 Å². The van der Waals surface area contributed by atoms with Crippen LogP contribution in [0.2, 0.25) is 0 Å². The molecule has 29 heavy (non-hydrogen) atoms. The predicted molar refractivity (Wildman–Crippen MR) is 104 cm³/mol. The standard InChI is InChI=1S/C20H16F2N4O2S/c21-15-5-6-16(22)20-19(15)17(7-8-24-20)25-9-11-26(12-10-25)29(27,28)18-4-2-1-3-14(18)13-23/h1-8H,9-12H2. The van der Waals surface area contributed by atoms with Crippen molar-refractivity contribution < 1.29 is 17.2 Å². The van der Waals surface area contributed by atoms with E-state index in [0.29, 0.717) is 18.8 Å². The van der Waals surface area contributed by atoms with Crippen molar-refractivity contribution in [1.82, 2.24) is 9.29 Å². The van der Waals surface area contributed by atoms with E-state index in [-0.39, 0.29) is 34.5 Å². The number of pyridine rings is 1. The van der Waals surface area contributed by atoms with Gasteiger partial charge in [0.1, 0.15) is 23.2 Å². The SMILES string of the molecule is N#Cc1ccccc1S(=O)(=O)N1CCN(c2ccnc3c(F)ccc(F)c23)CC1. The fourth-order valence-corrected chi connectivity index (χ4v) is 5.10. The summed E-state index contributed by atoms with van der Waals surface area (Å²) in [4.78, 5) is 5.72. The first-order valence-electron chi connectivity index (χ1n) is 8.90. The van der Waals surface area contributed by atoms with Crippen molar-refractivity contribution in [3.8, 4) is 6.07 Å². The lowest BCUT2D eigenvalue weighted by molar-refractivity contribution is 0.385. The molecule has 1 aromatic heterocycles. The Morgan fingerprint density at radius 3 is 2.38 bits per heavy atom. The van der Waals surface area contributed by atoms with Gasteiger partial charge in [-0.2, -0.15) is 9.57 Å². The van der Waals surface area contributed by atoms with Crippen LogP contribution >= 0.6 is 0 Å². The Balaban J connectivity index is 1.62. The average Bonchev–Trinajstić information content (AvgIpc) is 2.76. The topological polar surface area (TPSA) is 77.3 Å². The van der Waals surface area contributed by atoms with Gasteiger partial charge in [0.25, 0.3) is 0 Å². The molecule has 9 heteroatoms. The summed E-state index contributed by atoms with van der Waals surface area (Å²) in [5.74, 6) is -1.19. The van der Waals surface area contributed by atoms with Gasteiger partial charge in [0.05, 0.1) is 21.5 Å². The molecule has 2 heterocycles. The number of hydrogen-bond acceptors (Lipinski definition) is 5. The Morgan fingerprint density at radius 1 is 0.966 bits per heavy atom. The van der Waals surface area contributed by atoms with Crippen LogP contribution in [0, 0.1) is 23.0 Å². The van der Waals surface area contributed by atoms with E-state index in [1.54, 1.807) is 18.2 Å². The van der Waals surface area contributed by atoms with Crippen LogP contribution in [0.15, 0.2) is 53.6 Å². The van der Waals surface area contributed by atoms with Crippen molar-refractivity contribution in [3.05, 3.63) is 65.9 Å². The van der Waals surface area contributed by atoms with Crippen molar-refractivity contribution >= 4 is 26.6 Å². The zero-order valence-electron chi connectivity index (χ0n) is 15.2. The summed E-state index contributed by atoms with van der Waals surface area (Å²) < 4.78 is 55.6. The molecule has 0 amide bonds. The van der Waals surface area contributed by atoms with Crippen LogP contribution in [-0.4, -0.2) is 43.9 Å². The van der Waals surface area contributed by atoms with Crippen molar-refractivity contribution in [1.29, 1.82) is 5.26 Å². The van der Waals surface area contributed by atoms with Crippen molar-refractivity contribution in [2.75, 3.05) is 31.1 Å². The molecule has 148 valence electrons. The zero-order chi connectivity index (χ0) is 20.6. The molecule has 0 atom stereocenters. The van der Waals surface area contributed by atoms with Crippen LogP contribution < -0.4 is 4.90 Å². The number of nitriles is 1. The van der Waals surface area contributed by atoms with Crippen molar-refractivity contribution in [2.24, 2.45) is 0 Å². The highest BCUT2D eigenvalue weighted by Crippen LogP contribution is 2.31. The molecule has 1 aliphatic rings. The molecule has 1 fully saturated rings. The monoisotopic (exact) mass is 414 g/mol. The van der Waals surface area contributed by atoms with Gasteiger partial charge in [-0.3, -0.25) is 4.98 Å². The first-order valence-corrected chi connectivity index (χ1v) is 10.3. The third-order valence-electron chi connectivity index (χ3n) is 4.97. The van der Waals surface area contributed by atoms with E-state index < -0.39 is 21.7 Å². The van der Waals surface area contributed by atoms with Crippen LogP contribution in [0.4, 0.5) is 14.5 Å². The molecule has 2 aromatic carbocycles. The quantitative estimate of drug-likeness (QED) is 0.659. The minimum atomic E-state index is -3.83. The number of piperazine rings is 1. The van der Waals surface area contributed by atoms with Crippen LogP contribution in [0.1, 0.15) is 5.56 Å². The Kier molecular flexibility index (Phi) is 4.90. The summed E-state index contributed by atoms with van der Waals surface area (Å²) in [5, 5.41) is 9.29. The lowest BCUT2D eigenvalue weighted by atomic mass is 10.1. The fraction of sp³-hybridized carbons (Fsp3) is 0.200. The molecule has 0 unspecified atom stereocenters. The Bertz CT molecular complexity index is 1230. The predicted octanol–water partition coefficient (Wildman–Crippen LogP) is 2.90. The Morgan fingerprint density at radius 2 is 1.66 bits per heavy atom. The highest BCUT2D eigenvalue weighted by atomic mass is 32.2. The molecule has 1 saturated heterocycles. The summed E-state index contributed by atoms with van der Waals surface area (Å²) >= 11 is 0. The van der Waals surface area contributed by atoms with Crippen LogP contribution in [-0.2, 0) is 10.0 Å². The average molecular weight is 414 g/mol. The van der Waals surface area contributed by atoms with Gasteiger partial charge in [-0.25, -0.2) is 17.2 Å². The highest BCUT2D eigenvalue weighted by molar-refractivity contribution is 7.89. The van der Waals surface area contributed by atoms with E-state index >= 15 is 0 Å². The molecule has 0 saturated carbocycles. The van der Waals surface area contributed by atoms with Crippen molar-refractivity contribution in [2.45, 2.75) is 4.90 Å². The van der Waals surface area contributed by atoms with Gasteiger partial charge >= 0.3 is 0 Å². The summed E-state index contributed by atoms with van der Waals surface area (Å²) in [6, 6.07) is 11.7. The summed E-state index contributed by atoms with van der Waals surface area (Å²) in [5.41, 5.74) is 0.509. The Labute approximate surface area is 166 Å². The maximum Gasteiger partial charge on any atom is 0.244 e. The number of sulfonamides is 1. The maximum absolute atomic E-state index is 14.4. The number of rotatable bonds is 3. The largest absolute Gasteiger partial charge is 0.368 e. The van der Waals surface area contributed by atoms with Gasteiger partial charge in [0, 0.05) is 32.4 Å². The number of halogens is 2. The third kappa shape index (κ3) is 3.30. The minimum Gasteiger partial charge on any atom is -0.368 e. The second-order valence-electron chi connectivity index (χ2n) is 6.58. The number of anilines is 1. The molecule has 0 N–H and O–H groups in total. The minimum absolute atomic E-state index is 0.0292. The molecular weight excluding hydrogens is 398 g/mol. The molecule has 1 aliphatic heterocycles. The molecular formula is C20H16F2N4O2S. The van der Waals surface area contributed by atoms with E-state index in [2.05, 4.69) is 4.98 Å². The smallest absolute Gasteiger partial charge is 0.244 e. The first kappa shape index (κ1) is 19.2. The Hall–Kier alpha value is -3.09. The van der Waals surface area contributed by atoms with Crippen LogP contribution in [0.25, 0.3) is 10.9 Å². The third-order valence-corrected chi connectivity index (χ3v) is 6.93. The molecule has 4 rings (SSSR count). The molecule has 0 spiro atoms. The fourth-order valence-electron chi connectivity index (χ4n) is 3.53. The maximum atomic E-state index is 14.4. The van der Waals surface area contributed by atoms with Gasteiger partial charge < -0.3 is 4.90 Å². The van der Waals surface area contributed by atoms with Crippen LogP contribution in [0.5, 0.6) is 0 Å². The first-order chi connectivity index (χ1) is 13.9. The lowest BCUT2D eigenvalue weighted by Crippen LogP contribution is -2.48. The van der Waals surface area contributed by atoms with Gasteiger partial charge in [-0.05, 0) is 30.3 Å². The second-order valence-corrected chi connectivity index (χ2v) is 8.49. The molecule has 0 bridgehead atoms. The molecule has 0 radical (unpaired) electrons. The molecule has 0 aliphatic carbocycles. The molecule has 3 aromatic rings. The number of aromatic nitrogens is 1. The van der Waals surface area contributed by atoms with E-state index in [1.165, 1.54) is 22.6 Å². The number of nitrogens with zero attached hydrogens (tertiary/aromatic N) is 4. The van der Waals surface area contributed by atoms with E-state index in [4.69, 9.17) is 0 Å². The van der Waals surface area contributed by atoms with Gasteiger partial charge in [-0.15, -0.1) is 0 Å². The second kappa shape index (κ2) is 7.39. The molecule has 6 nitrogen and oxygen atoms in total. The summed E-state index contributed by atoms with van der Waals surface area (Å²) in [6.45, 7) is 0.901. The van der Waals surface area contributed by atoms with Crippen LogP contribution in [0.3, 0.4) is 0 Å². The van der Waals surface area contributed by atoms with Gasteiger partial charge in [0.2, 0.25) is 10.0 Å². The van der Waals surface area contributed by atoms with E-state index in [9.17, 15) is 22.5 Å².